The SMILES string of the molecule is CC(C1CC1)C(O)c1ccc2c(c1)n(C)c(=O)n2C. The number of aromatic nitrogens is 2. The third-order valence-corrected chi connectivity index (χ3v) is 4.50. The van der Waals surface area contributed by atoms with Gasteiger partial charge in [-0.3, -0.25) is 9.13 Å². The van der Waals surface area contributed by atoms with Gasteiger partial charge in [-0.1, -0.05) is 13.0 Å². The molecule has 102 valence electrons. The molecule has 1 aromatic heterocycles. The molecule has 1 aromatic carbocycles. The Kier molecular flexibility index (Phi) is 2.78. The Hall–Kier alpha value is -1.55. The van der Waals surface area contributed by atoms with Crippen LogP contribution in [-0.4, -0.2) is 14.2 Å². The van der Waals surface area contributed by atoms with Gasteiger partial charge in [0, 0.05) is 14.1 Å². The van der Waals surface area contributed by atoms with Crippen LogP contribution in [0.2, 0.25) is 0 Å². The predicted molar refractivity (Wildman–Crippen MR) is 75.0 cm³/mol. The average molecular weight is 260 g/mol. The zero-order valence-corrected chi connectivity index (χ0v) is 11.6. The molecule has 1 aliphatic carbocycles. The Morgan fingerprint density at radius 3 is 2.47 bits per heavy atom. The second-order valence-electron chi connectivity index (χ2n) is 5.79. The van der Waals surface area contributed by atoms with Crippen molar-refractivity contribution in [3.8, 4) is 0 Å². The fourth-order valence-corrected chi connectivity index (χ4v) is 2.89. The van der Waals surface area contributed by atoms with E-state index in [2.05, 4.69) is 6.92 Å². The maximum absolute atomic E-state index is 11.9. The van der Waals surface area contributed by atoms with Crippen LogP contribution in [0.3, 0.4) is 0 Å². The Balaban J connectivity index is 2.06. The topological polar surface area (TPSA) is 47.2 Å². The summed E-state index contributed by atoms with van der Waals surface area (Å²) < 4.78 is 3.27. The van der Waals surface area contributed by atoms with Crippen molar-refractivity contribution in [2.24, 2.45) is 25.9 Å². The molecule has 4 nitrogen and oxygen atoms in total. The van der Waals surface area contributed by atoms with Crippen LogP contribution in [0.1, 0.15) is 31.4 Å². The standard InChI is InChI=1S/C15H20N2O2/c1-9(10-4-5-10)14(18)11-6-7-12-13(8-11)17(3)15(19)16(12)2/h6-10,14,18H,4-5H2,1-3H3. The second kappa shape index (κ2) is 4.23. The van der Waals surface area contributed by atoms with Crippen LogP contribution in [0.5, 0.6) is 0 Å². The lowest BCUT2D eigenvalue weighted by molar-refractivity contribution is 0.106. The number of fused-ring (bicyclic) bond motifs is 1. The second-order valence-corrected chi connectivity index (χ2v) is 5.79. The van der Waals surface area contributed by atoms with E-state index in [1.54, 1.807) is 23.2 Å². The van der Waals surface area contributed by atoms with Gasteiger partial charge < -0.3 is 5.11 Å². The van der Waals surface area contributed by atoms with Crippen LogP contribution in [0.4, 0.5) is 0 Å². The van der Waals surface area contributed by atoms with Crippen LogP contribution in [-0.2, 0) is 14.1 Å². The largest absolute Gasteiger partial charge is 0.388 e. The lowest BCUT2D eigenvalue weighted by Gasteiger charge is -2.18. The highest BCUT2D eigenvalue weighted by molar-refractivity contribution is 5.76. The van der Waals surface area contributed by atoms with Gasteiger partial charge in [-0.2, -0.15) is 0 Å². The molecule has 2 unspecified atom stereocenters. The van der Waals surface area contributed by atoms with Crippen molar-refractivity contribution in [1.82, 2.24) is 9.13 Å². The van der Waals surface area contributed by atoms with Crippen molar-refractivity contribution in [3.05, 3.63) is 34.2 Å². The van der Waals surface area contributed by atoms with Crippen LogP contribution in [0.25, 0.3) is 11.0 Å². The molecule has 2 aromatic rings. The average Bonchev–Trinajstić information content (AvgIpc) is 3.24. The van der Waals surface area contributed by atoms with Crippen molar-refractivity contribution in [2.45, 2.75) is 25.9 Å². The van der Waals surface area contributed by atoms with Gasteiger partial charge in [-0.15, -0.1) is 0 Å². The van der Waals surface area contributed by atoms with E-state index >= 15 is 0 Å². The number of benzene rings is 1. The number of nitrogens with zero attached hydrogens (tertiary/aromatic N) is 2. The van der Waals surface area contributed by atoms with Crippen LogP contribution in [0, 0.1) is 11.8 Å². The molecule has 2 atom stereocenters. The number of aliphatic hydroxyl groups is 1. The molecule has 3 rings (SSSR count). The van der Waals surface area contributed by atoms with E-state index in [-0.39, 0.29) is 11.6 Å². The van der Waals surface area contributed by atoms with Crippen LogP contribution >= 0.6 is 0 Å². The quantitative estimate of drug-likeness (QED) is 0.917. The first kappa shape index (κ1) is 12.5. The Bertz CT molecular complexity index is 679. The van der Waals surface area contributed by atoms with Gasteiger partial charge in [-0.25, -0.2) is 4.79 Å². The molecule has 0 spiro atoms. The summed E-state index contributed by atoms with van der Waals surface area (Å²) in [5.41, 5.74) is 2.67. The first-order chi connectivity index (χ1) is 9.00. The first-order valence-electron chi connectivity index (χ1n) is 6.84. The maximum atomic E-state index is 11.9. The van der Waals surface area contributed by atoms with Gasteiger partial charge in [0.25, 0.3) is 0 Å². The summed E-state index contributed by atoms with van der Waals surface area (Å²) in [6.45, 7) is 2.11. The Morgan fingerprint density at radius 2 is 1.84 bits per heavy atom. The van der Waals surface area contributed by atoms with Crippen LogP contribution in [0.15, 0.2) is 23.0 Å². The van der Waals surface area contributed by atoms with Gasteiger partial charge in [0.2, 0.25) is 0 Å². The molecule has 19 heavy (non-hydrogen) atoms. The third kappa shape index (κ3) is 1.91. The number of hydrogen-bond donors (Lipinski definition) is 1. The molecule has 1 N–H and O–H groups in total. The molecule has 1 saturated carbocycles. The predicted octanol–water partition coefficient (Wildman–Crippen LogP) is 1.96. The minimum atomic E-state index is -0.438. The summed E-state index contributed by atoms with van der Waals surface area (Å²) in [5.74, 6) is 0.948. The summed E-state index contributed by atoms with van der Waals surface area (Å²) in [6.07, 6.45) is 2.02. The summed E-state index contributed by atoms with van der Waals surface area (Å²) in [6, 6.07) is 5.81. The van der Waals surface area contributed by atoms with Crippen molar-refractivity contribution in [2.75, 3.05) is 0 Å². The lowest BCUT2D eigenvalue weighted by Crippen LogP contribution is -2.19. The van der Waals surface area contributed by atoms with Crippen molar-refractivity contribution >= 4 is 11.0 Å². The molecular formula is C15H20N2O2. The zero-order valence-electron chi connectivity index (χ0n) is 11.6. The van der Waals surface area contributed by atoms with Crippen molar-refractivity contribution < 1.29 is 5.11 Å². The smallest absolute Gasteiger partial charge is 0.328 e. The number of hydrogen-bond acceptors (Lipinski definition) is 2. The van der Waals surface area contributed by atoms with E-state index in [1.165, 1.54) is 12.8 Å². The maximum Gasteiger partial charge on any atom is 0.328 e. The number of rotatable bonds is 3. The van der Waals surface area contributed by atoms with E-state index in [1.807, 2.05) is 18.2 Å². The van der Waals surface area contributed by atoms with E-state index < -0.39 is 6.10 Å². The van der Waals surface area contributed by atoms with Gasteiger partial charge in [0.15, 0.2) is 0 Å². The number of aryl methyl sites for hydroxylation is 2. The van der Waals surface area contributed by atoms with E-state index in [9.17, 15) is 9.90 Å². The van der Waals surface area contributed by atoms with Gasteiger partial charge >= 0.3 is 5.69 Å². The highest BCUT2D eigenvalue weighted by Crippen LogP contribution is 2.42. The van der Waals surface area contributed by atoms with E-state index in [0.29, 0.717) is 5.92 Å². The molecule has 1 aliphatic rings. The Labute approximate surface area is 112 Å². The fourth-order valence-electron chi connectivity index (χ4n) is 2.89. The summed E-state index contributed by atoms with van der Waals surface area (Å²) >= 11 is 0. The van der Waals surface area contributed by atoms with Crippen LogP contribution < -0.4 is 5.69 Å². The first-order valence-corrected chi connectivity index (χ1v) is 6.84. The summed E-state index contributed by atoms with van der Waals surface area (Å²) in [4.78, 5) is 11.9. The molecule has 1 heterocycles. The van der Waals surface area contributed by atoms with Gasteiger partial charge in [0.05, 0.1) is 17.1 Å². The molecule has 0 amide bonds. The fraction of sp³-hybridized carbons (Fsp3) is 0.533. The minimum absolute atomic E-state index is 0.0307. The normalized spacial score (nSPS) is 18.7. The lowest BCUT2D eigenvalue weighted by atomic mass is 9.93. The van der Waals surface area contributed by atoms with Crippen molar-refractivity contribution in [1.29, 1.82) is 0 Å². The van der Waals surface area contributed by atoms with Crippen molar-refractivity contribution in [3.63, 3.8) is 0 Å². The molecule has 0 radical (unpaired) electrons. The molecule has 4 heteroatoms. The monoisotopic (exact) mass is 260 g/mol. The molecule has 0 saturated heterocycles. The molecule has 0 bridgehead atoms. The highest BCUT2D eigenvalue weighted by atomic mass is 16.3. The Morgan fingerprint density at radius 1 is 1.21 bits per heavy atom. The molecule has 0 aliphatic heterocycles. The zero-order chi connectivity index (χ0) is 13.7. The van der Waals surface area contributed by atoms with E-state index in [4.69, 9.17) is 0 Å². The minimum Gasteiger partial charge on any atom is -0.388 e. The van der Waals surface area contributed by atoms with Gasteiger partial charge in [-0.05, 0) is 42.4 Å². The third-order valence-electron chi connectivity index (χ3n) is 4.50. The summed E-state index contributed by atoms with van der Waals surface area (Å²) in [5, 5.41) is 10.4. The summed E-state index contributed by atoms with van der Waals surface area (Å²) in [7, 11) is 3.54. The molecular weight excluding hydrogens is 240 g/mol. The van der Waals surface area contributed by atoms with Gasteiger partial charge in [0.1, 0.15) is 0 Å². The highest BCUT2D eigenvalue weighted by Gasteiger charge is 2.33. The molecule has 1 fully saturated rings. The number of aliphatic hydroxyl groups excluding tert-OH is 1. The van der Waals surface area contributed by atoms with E-state index in [0.717, 1.165) is 16.6 Å². The number of imidazole rings is 1.